The maximum atomic E-state index is 14.6. The fourth-order valence-electron chi connectivity index (χ4n) is 2.64. The van der Waals surface area contributed by atoms with Gasteiger partial charge in [0.05, 0.1) is 11.1 Å². The number of hydrogen-bond acceptors (Lipinski definition) is 4. The molecule has 0 radical (unpaired) electrons. The van der Waals surface area contributed by atoms with Gasteiger partial charge in [0.2, 0.25) is 5.82 Å². The van der Waals surface area contributed by atoms with Crippen LogP contribution >= 0.6 is 0 Å². The number of benzene rings is 2. The third kappa shape index (κ3) is 2.91. The van der Waals surface area contributed by atoms with E-state index >= 15 is 0 Å². The summed E-state index contributed by atoms with van der Waals surface area (Å²) in [6.45, 7) is 7.28. The Morgan fingerprint density at radius 2 is 1.76 bits per heavy atom. The summed E-state index contributed by atoms with van der Waals surface area (Å²) >= 11 is 0. The number of aryl methyl sites for hydroxylation is 2. The molecule has 0 bridgehead atoms. The highest BCUT2D eigenvalue weighted by Gasteiger charge is 2.19. The van der Waals surface area contributed by atoms with E-state index in [9.17, 15) is 9.18 Å². The highest BCUT2D eigenvalue weighted by Crippen LogP contribution is 2.30. The molecule has 0 fully saturated rings. The topological polar surface area (TPSA) is 76.2 Å². The second kappa shape index (κ2) is 6.12. The molecule has 25 heavy (non-hydrogen) atoms. The van der Waals surface area contributed by atoms with Gasteiger partial charge in [-0.15, -0.1) is 0 Å². The number of halogens is 1. The molecular weight excluding hydrogens is 323 g/mol. The van der Waals surface area contributed by atoms with Gasteiger partial charge in [-0.25, -0.2) is 9.18 Å². The highest BCUT2D eigenvalue weighted by molar-refractivity contribution is 5.89. The van der Waals surface area contributed by atoms with Crippen molar-refractivity contribution in [1.29, 1.82) is 0 Å². The van der Waals surface area contributed by atoms with E-state index in [2.05, 4.69) is 10.1 Å². The number of nitrogens with zero attached hydrogens (tertiary/aromatic N) is 2. The van der Waals surface area contributed by atoms with Crippen LogP contribution < -0.4 is 0 Å². The summed E-state index contributed by atoms with van der Waals surface area (Å²) in [5.74, 6) is -1.14. The molecule has 0 aliphatic carbocycles. The Morgan fingerprint density at radius 3 is 2.44 bits per heavy atom. The average molecular weight is 340 g/mol. The van der Waals surface area contributed by atoms with Crippen LogP contribution in [0.4, 0.5) is 4.39 Å². The minimum atomic E-state index is -1.04. The van der Waals surface area contributed by atoms with E-state index in [1.54, 1.807) is 19.1 Å². The van der Waals surface area contributed by atoms with Crippen molar-refractivity contribution in [1.82, 2.24) is 10.1 Å². The Morgan fingerprint density at radius 1 is 1.04 bits per heavy atom. The molecule has 0 saturated carbocycles. The molecule has 0 saturated heterocycles. The number of aromatic carboxylic acids is 1. The minimum absolute atomic E-state index is 0.0684. The lowest BCUT2D eigenvalue weighted by atomic mass is 9.99. The van der Waals surface area contributed by atoms with Crippen molar-refractivity contribution in [2.45, 2.75) is 27.7 Å². The lowest BCUT2D eigenvalue weighted by molar-refractivity contribution is 0.0697. The predicted molar refractivity (Wildman–Crippen MR) is 91.0 cm³/mol. The molecule has 1 N–H and O–H groups in total. The van der Waals surface area contributed by atoms with Crippen molar-refractivity contribution < 1.29 is 18.8 Å². The van der Waals surface area contributed by atoms with Crippen molar-refractivity contribution in [3.05, 3.63) is 57.9 Å². The van der Waals surface area contributed by atoms with Gasteiger partial charge < -0.3 is 9.63 Å². The number of hydrogen-bond donors (Lipinski definition) is 1. The van der Waals surface area contributed by atoms with Crippen molar-refractivity contribution in [2.75, 3.05) is 0 Å². The largest absolute Gasteiger partial charge is 0.478 e. The first kappa shape index (κ1) is 16.8. The van der Waals surface area contributed by atoms with Gasteiger partial charge in [-0.1, -0.05) is 11.2 Å². The molecule has 3 aromatic rings. The van der Waals surface area contributed by atoms with Crippen LogP contribution in [0.25, 0.3) is 22.8 Å². The van der Waals surface area contributed by atoms with E-state index < -0.39 is 11.8 Å². The van der Waals surface area contributed by atoms with Gasteiger partial charge in [0.15, 0.2) is 0 Å². The molecule has 0 aliphatic rings. The van der Waals surface area contributed by atoms with Gasteiger partial charge in [-0.2, -0.15) is 4.98 Å². The summed E-state index contributed by atoms with van der Waals surface area (Å²) in [6.07, 6.45) is 0. The molecule has 0 unspecified atom stereocenters. The zero-order valence-corrected chi connectivity index (χ0v) is 14.3. The van der Waals surface area contributed by atoms with Crippen LogP contribution in [0.1, 0.15) is 32.6 Å². The van der Waals surface area contributed by atoms with Crippen molar-refractivity contribution in [3.63, 3.8) is 0 Å². The summed E-state index contributed by atoms with van der Waals surface area (Å²) in [7, 11) is 0. The van der Waals surface area contributed by atoms with E-state index in [1.165, 1.54) is 12.1 Å². The van der Waals surface area contributed by atoms with E-state index in [0.29, 0.717) is 11.1 Å². The Kier molecular flexibility index (Phi) is 4.12. The first-order chi connectivity index (χ1) is 11.8. The van der Waals surface area contributed by atoms with Crippen LogP contribution in [0.3, 0.4) is 0 Å². The number of rotatable bonds is 3. The van der Waals surface area contributed by atoms with Gasteiger partial charge in [0.25, 0.3) is 5.89 Å². The van der Waals surface area contributed by atoms with Crippen LogP contribution in [0.15, 0.2) is 28.8 Å². The normalized spacial score (nSPS) is 10.9. The molecule has 6 heteroatoms. The molecule has 1 aromatic heterocycles. The lowest BCUT2D eigenvalue weighted by Gasteiger charge is -2.08. The third-order valence-corrected chi connectivity index (χ3v) is 4.46. The van der Waals surface area contributed by atoms with Crippen molar-refractivity contribution >= 4 is 5.97 Å². The lowest BCUT2D eigenvalue weighted by Crippen LogP contribution is -1.98. The fourth-order valence-corrected chi connectivity index (χ4v) is 2.64. The zero-order chi connectivity index (χ0) is 18.3. The molecule has 1 heterocycles. The van der Waals surface area contributed by atoms with Crippen LogP contribution in [-0.4, -0.2) is 21.2 Å². The second-order valence-electron chi connectivity index (χ2n) is 6.06. The summed E-state index contributed by atoms with van der Waals surface area (Å²) in [5, 5.41) is 13.0. The van der Waals surface area contributed by atoms with Gasteiger partial charge >= 0.3 is 5.97 Å². The van der Waals surface area contributed by atoms with Crippen LogP contribution in [-0.2, 0) is 0 Å². The van der Waals surface area contributed by atoms with Crippen molar-refractivity contribution in [2.24, 2.45) is 0 Å². The SMILES string of the molecule is Cc1ccc(C(=O)O)cc1-c1noc(-c2cc(C)c(C)c(C)c2F)n1. The van der Waals surface area contributed by atoms with E-state index in [4.69, 9.17) is 9.63 Å². The highest BCUT2D eigenvalue weighted by atomic mass is 19.1. The second-order valence-corrected chi connectivity index (χ2v) is 6.06. The number of aromatic nitrogens is 2. The Hall–Kier alpha value is -3.02. The molecule has 0 amide bonds. The molecule has 0 spiro atoms. The third-order valence-electron chi connectivity index (χ3n) is 4.46. The van der Waals surface area contributed by atoms with Gasteiger partial charge in [0, 0.05) is 5.56 Å². The van der Waals surface area contributed by atoms with Crippen LogP contribution in [0.2, 0.25) is 0 Å². The number of carbonyl (C=O) groups is 1. The molecular formula is C19H17FN2O3. The monoisotopic (exact) mass is 340 g/mol. The minimum Gasteiger partial charge on any atom is -0.478 e. The molecule has 3 rings (SSSR count). The smallest absolute Gasteiger partial charge is 0.335 e. The van der Waals surface area contributed by atoms with Gasteiger partial charge in [-0.3, -0.25) is 0 Å². The first-order valence-corrected chi connectivity index (χ1v) is 7.74. The number of carboxylic acids is 1. The summed E-state index contributed by atoms with van der Waals surface area (Å²) < 4.78 is 19.8. The van der Waals surface area contributed by atoms with E-state index in [1.807, 2.05) is 20.8 Å². The Bertz CT molecular complexity index is 993. The summed E-state index contributed by atoms with van der Waals surface area (Å²) in [5.41, 5.74) is 4.05. The van der Waals surface area contributed by atoms with Crippen molar-refractivity contribution in [3.8, 4) is 22.8 Å². The first-order valence-electron chi connectivity index (χ1n) is 7.74. The number of carboxylic acid groups (broad SMARTS) is 1. The molecule has 2 aromatic carbocycles. The van der Waals surface area contributed by atoms with E-state index in [0.717, 1.165) is 16.7 Å². The summed E-state index contributed by atoms with van der Waals surface area (Å²) in [4.78, 5) is 15.4. The van der Waals surface area contributed by atoms with Gasteiger partial charge in [-0.05, 0) is 68.1 Å². The van der Waals surface area contributed by atoms with E-state index in [-0.39, 0.29) is 22.8 Å². The maximum absolute atomic E-state index is 14.6. The molecule has 0 atom stereocenters. The standard InChI is InChI=1S/C19H17FN2O3/c1-9-5-6-13(19(23)24)8-14(9)17-21-18(25-22-17)15-7-10(2)11(3)12(4)16(15)20/h5-8H,1-4H3,(H,23,24). The summed E-state index contributed by atoms with van der Waals surface area (Å²) in [6, 6.07) is 6.34. The quantitative estimate of drug-likeness (QED) is 0.761. The fraction of sp³-hybridized carbons (Fsp3) is 0.211. The molecule has 0 aliphatic heterocycles. The molecule has 128 valence electrons. The Balaban J connectivity index is 2.11. The molecule has 5 nitrogen and oxygen atoms in total. The average Bonchev–Trinajstić information content (AvgIpc) is 3.06. The zero-order valence-electron chi connectivity index (χ0n) is 14.3. The van der Waals surface area contributed by atoms with Gasteiger partial charge in [0.1, 0.15) is 5.82 Å². The van der Waals surface area contributed by atoms with Crippen LogP contribution in [0.5, 0.6) is 0 Å². The maximum Gasteiger partial charge on any atom is 0.335 e. The Labute approximate surface area is 144 Å². The predicted octanol–water partition coefficient (Wildman–Crippen LogP) is 4.47. The van der Waals surface area contributed by atoms with Crippen LogP contribution in [0, 0.1) is 33.5 Å².